The van der Waals surface area contributed by atoms with Crippen molar-refractivity contribution in [3.63, 3.8) is 0 Å². The molecule has 2 aromatic carbocycles. The first-order valence-corrected chi connectivity index (χ1v) is 11.1. The summed E-state index contributed by atoms with van der Waals surface area (Å²) < 4.78 is 0.883. The fraction of sp³-hybridized carbons (Fsp3) is 0.280. The number of aliphatic carboxylic acids is 1. The lowest BCUT2D eigenvalue weighted by molar-refractivity contribution is -0.142. The summed E-state index contributed by atoms with van der Waals surface area (Å²) in [6.07, 6.45) is 1.96. The average Bonchev–Trinajstić information content (AvgIpc) is 3.20. The second-order valence-electron chi connectivity index (χ2n) is 8.76. The average molecular weight is 463 g/mol. The van der Waals surface area contributed by atoms with Crippen molar-refractivity contribution in [1.82, 2.24) is 19.9 Å². The standard InChI is InChI=1S/C25H26N4O5/c1-14(2)11-20(24(32)33)27-22(30)21(12-15-13-26-18-9-5-3-7-16(15)18)29-23(31)17-8-4-6-10-19(17)28-25(29)34/h3-10,13-14,20-21,26H,11-12H2,1-2H3,(H,27,30)(H,28,34)(H,32,33). The third-order valence-electron chi connectivity index (χ3n) is 5.86. The summed E-state index contributed by atoms with van der Waals surface area (Å²) in [5.74, 6) is -1.87. The van der Waals surface area contributed by atoms with Crippen LogP contribution >= 0.6 is 0 Å². The number of hydrogen-bond donors (Lipinski definition) is 4. The number of carboxylic acids is 1. The Labute approximate surface area is 194 Å². The summed E-state index contributed by atoms with van der Waals surface area (Å²) in [6, 6.07) is 11.6. The van der Waals surface area contributed by atoms with Gasteiger partial charge in [0, 0.05) is 23.5 Å². The molecular formula is C25H26N4O5. The summed E-state index contributed by atoms with van der Waals surface area (Å²) in [6.45, 7) is 3.70. The Hall–Kier alpha value is -4.14. The summed E-state index contributed by atoms with van der Waals surface area (Å²) >= 11 is 0. The molecule has 0 saturated carbocycles. The first-order valence-electron chi connectivity index (χ1n) is 11.1. The van der Waals surface area contributed by atoms with Crippen LogP contribution in [0.4, 0.5) is 0 Å². The number of carboxylic acid groups (broad SMARTS) is 1. The fourth-order valence-corrected chi connectivity index (χ4v) is 4.23. The lowest BCUT2D eigenvalue weighted by Crippen LogP contribution is -2.49. The first kappa shape index (κ1) is 23.0. The van der Waals surface area contributed by atoms with E-state index in [1.807, 2.05) is 38.1 Å². The number of carbonyl (C=O) groups excluding carboxylic acids is 1. The van der Waals surface area contributed by atoms with Gasteiger partial charge in [0.05, 0.1) is 10.9 Å². The Morgan fingerprint density at radius 2 is 1.65 bits per heavy atom. The third kappa shape index (κ3) is 4.50. The molecule has 2 unspecified atom stereocenters. The van der Waals surface area contributed by atoms with E-state index in [1.165, 1.54) is 0 Å². The maximum Gasteiger partial charge on any atom is 0.329 e. The summed E-state index contributed by atoms with van der Waals surface area (Å²) in [5, 5.41) is 13.3. The lowest BCUT2D eigenvalue weighted by Gasteiger charge is -2.22. The van der Waals surface area contributed by atoms with E-state index in [-0.39, 0.29) is 24.1 Å². The van der Waals surface area contributed by atoms with Gasteiger partial charge >= 0.3 is 11.7 Å². The highest BCUT2D eigenvalue weighted by Crippen LogP contribution is 2.23. The van der Waals surface area contributed by atoms with Crippen molar-refractivity contribution >= 4 is 33.7 Å². The summed E-state index contributed by atoms with van der Waals surface area (Å²) in [5.41, 5.74) is 0.586. The molecule has 176 valence electrons. The highest BCUT2D eigenvalue weighted by atomic mass is 16.4. The molecule has 34 heavy (non-hydrogen) atoms. The molecule has 0 spiro atoms. The zero-order valence-electron chi connectivity index (χ0n) is 18.9. The van der Waals surface area contributed by atoms with Crippen molar-refractivity contribution in [2.75, 3.05) is 0 Å². The highest BCUT2D eigenvalue weighted by molar-refractivity contribution is 5.88. The molecule has 4 N–H and O–H groups in total. The van der Waals surface area contributed by atoms with Crippen LogP contribution < -0.4 is 16.6 Å². The number of nitrogens with one attached hydrogen (secondary N) is 3. The smallest absolute Gasteiger partial charge is 0.329 e. The maximum atomic E-state index is 13.4. The minimum absolute atomic E-state index is 0.0141. The molecular weight excluding hydrogens is 436 g/mol. The van der Waals surface area contributed by atoms with Gasteiger partial charge < -0.3 is 20.4 Å². The molecule has 0 bridgehead atoms. The molecule has 0 saturated heterocycles. The van der Waals surface area contributed by atoms with Crippen molar-refractivity contribution < 1.29 is 14.7 Å². The Morgan fingerprint density at radius 3 is 2.32 bits per heavy atom. The van der Waals surface area contributed by atoms with Crippen LogP contribution in [0.5, 0.6) is 0 Å². The Balaban J connectivity index is 1.82. The van der Waals surface area contributed by atoms with Crippen LogP contribution in [0.15, 0.2) is 64.3 Å². The minimum Gasteiger partial charge on any atom is -0.480 e. The molecule has 1 amide bonds. The predicted molar refractivity (Wildman–Crippen MR) is 129 cm³/mol. The first-order chi connectivity index (χ1) is 16.3. The quantitative estimate of drug-likeness (QED) is 0.319. The van der Waals surface area contributed by atoms with Crippen LogP contribution in [0.2, 0.25) is 0 Å². The van der Waals surface area contributed by atoms with E-state index in [1.54, 1.807) is 30.5 Å². The van der Waals surface area contributed by atoms with Gasteiger partial charge in [-0.3, -0.25) is 9.59 Å². The number of aromatic nitrogens is 3. The van der Waals surface area contributed by atoms with Gasteiger partial charge in [-0.05, 0) is 36.1 Å². The Morgan fingerprint density at radius 1 is 1.00 bits per heavy atom. The van der Waals surface area contributed by atoms with Crippen molar-refractivity contribution in [1.29, 1.82) is 0 Å². The number of H-pyrrole nitrogens is 2. The topological polar surface area (TPSA) is 137 Å². The van der Waals surface area contributed by atoms with Crippen LogP contribution in [-0.4, -0.2) is 37.6 Å². The number of amides is 1. The largest absolute Gasteiger partial charge is 0.480 e. The molecule has 4 rings (SSSR count). The maximum absolute atomic E-state index is 13.4. The van der Waals surface area contributed by atoms with Crippen molar-refractivity contribution in [3.05, 3.63) is 81.1 Å². The van der Waals surface area contributed by atoms with E-state index < -0.39 is 35.2 Å². The Bertz CT molecular complexity index is 1480. The highest BCUT2D eigenvalue weighted by Gasteiger charge is 2.30. The van der Waals surface area contributed by atoms with E-state index >= 15 is 0 Å². The molecule has 0 fully saturated rings. The number of nitrogens with zero attached hydrogens (tertiary/aromatic N) is 1. The molecule has 0 radical (unpaired) electrons. The monoisotopic (exact) mass is 462 g/mol. The normalized spacial score (nSPS) is 13.3. The number of rotatable bonds is 8. The molecule has 9 nitrogen and oxygen atoms in total. The molecule has 0 aliphatic rings. The molecule has 2 atom stereocenters. The van der Waals surface area contributed by atoms with Crippen LogP contribution in [-0.2, 0) is 16.0 Å². The molecule has 2 heterocycles. The van der Waals surface area contributed by atoms with Gasteiger partial charge in [-0.2, -0.15) is 0 Å². The van der Waals surface area contributed by atoms with E-state index in [4.69, 9.17) is 0 Å². The molecule has 0 aliphatic carbocycles. The number of fused-ring (bicyclic) bond motifs is 2. The summed E-state index contributed by atoms with van der Waals surface area (Å²) in [4.78, 5) is 57.3. The van der Waals surface area contributed by atoms with Crippen LogP contribution in [0.3, 0.4) is 0 Å². The number of para-hydroxylation sites is 2. The number of hydrogen-bond acceptors (Lipinski definition) is 4. The third-order valence-corrected chi connectivity index (χ3v) is 5.86. The zero-order chi connectivity index (χ0) is 24.4. The molecule has 2 aromatic heterocycles. The second-order valence-corrected chi connectivity index (χ2v) is 8.76. The zero-order valence-corrected chi connectivity index (χ0v) is 18.9. The van der Waals surface area contributed by atoms with Crippen LogP contribution in [0.25, 0.3) is 21.8 Å². The fourth-order valence-electron chi connectivity index (χ4n) is 4.23. The molecule has 4 aromatic rings. The minimum atomic E-state index is -1.26. The predicted octanol–water partition coefficient (Wildman–Crippen LogP) is 2.57. The molecule has 0 aliphatic heterocycles. The Kier molecular flexibility index (Phi) is 6.36. The lowest BCUT2D eigenvalue weighted by atomic mass is 10.0. The van der Waals surface area contributed by atoms with Gasteiger partial charge in [-0.15, -0.1) is 0 Å². The van der Waals surface area contributed by atoms with Crippen molar-refractivity contribution in [3.8, 4) is 0 Å². The van der Waals surface area contributed by atoms with Gasteiger partial charge in [0.1, 0.15) is 12.1 Å². The number of benzene rings is 2. The van der Waals surface area contributed by atoms with Gasteiger partial charge in [-0.25, -0.2) is 14.2 Å². The van der Waals surface area contributed by atoms with Gasteiger partial charge in [0.15, 0.2) is 0 Å². The van der Waals surface area contributed by atoms with E-state index in [2.05, 4.69) is 15.3 Å². The van der Waals surface area contributed by atoms with Gasteiger partial charge in [0.2, 0.25) is 5.91 Å². The van der Waals surface area contributed by atoms with E-state index in [0.717, 1.165) is 21.0 Å². The van der Waals surface area contributed by atoms with Crippen LogP contribution in [0, 0.1) is 5.92 Å². The van der Waals surface area contributed by atoms with E-state index in [9.17, 15) is 24.3 Å². The second kappa shape index (κ2) is 9.38. The van der Waals surface area contributed by atoms with Gasteiger partial charge in [0.25, 0.3) is 5.56 Å². The molecule has 9 heteroatoms. The van der Waals surface area contributed by atoms with Crippen LogP contribution in [0.1, 0.15) is 31.9 Å². The summed E-state index contributed by atoms with van der Waals surface area (Å²) in [7, 11) is 0. The number of carbonyl (C=O) groups is 2. The van der Waals surface area contributed by atoms with E-state index in [0.29, 0.717) is 5.52 Å². The SMILES string of the molecule is CC(C)CC(NC(=O)C(Cc1c[nH]c2ccccc12)n1c(=O)[nH]c2ccccc2c1=O)C(=O)O. The van der Waals surface area contributed by atoms with Crippen molar-refractivity contribution in [2.45, 2.75) is 38.8 Å². The van der Waals surface area contributed by atoms with Crippen molar-refractivity contribution in [2.24, 2.45) is 5.92 Å². The number of aromatic amines is 2. The van der Waals surface area contributed by atoms with Gasteiger partial charge in [-0.1, -0.05) is 44.2 Å².